The third-order valence-corrected chi connectivity index (χ3v) is 20.9. The largest absolute Gasteiger partial charge is 0.496 e. The van der Waals surface area contributed by atoms with Crippen LogP contribution < -0.4 is 72.3 Å². The maximum absolute atomic E-state index is 14.1. The SMILES string of the molecule is COCCOc1nc(N)c2[nH]c(=O)n(Cc3cc(CN4CCCC4)ccc3OC)c2n1.COCCOc1nc(N)c2[nH]cnc2n1.COCCOc1nc(N)c2nc(Br)n(Cc3cc(C#N)ccc3F)c2n1.COCCOc1nc(N)c2nc(OC)n(Cc3cc(C#N)ccc3OC)c2n1.COCCOc1nc(N)c2ncn(Cc3cc(C#N)ccc3F)c2n1.N#Cc1ccc(F)c(CBr)c1. The fourth-order valence-electron chi connectivity index (χ4n) is 13.1. The number of halogens is 5. The van der Waals surface area contributed by atoms with Crippen LogP contribution in [0.1, 0.15) is 68.5 Å². The Balaban J connectivity index is 0.000000161. The van der Waals surface area contributed by atoms with Crippen molar-refractivity contribution in [2.75, 3.05) is 165 Å². The van der Waals surface area contributed by atoms with Crippen molar-refractivity contribution in [1.82, 2.24) is 103 Å². The van der Waals surface area contributed by atoms with Gasteiger partial charge < -0.3 is 105 Å². The average molecular weight is 2000 g/mol. The van der Waals surface area contributed by atoms with Crippen molar-refractivity contribution in [1.29, 1.82) is 21.0 Å². The summed E-state index contributed by atoms with van der Waals surface area (Å²) in [6.45, 7) is 7.43. The molecule has 5 aromatic carbocycles. The highest BCUT2D eigenvalue weighted by Crippen LogP contribution is 2.33. The van der Waals surface area contributed by atoms with Crippen LogP contribution in [0.5, 0.6) is 47.6 Å². The van der Waals surface area contributed by atoms with E-state index in [0.717, 1.165) is 30.8 Å². The molecule has 1 aliphatic rings. The minimum Gasteiger partial charge on any atom is -0.496 e. The summed E-state index contributed by atoms with van der Waals surface area (Å²) in [4.78, 5) is 79.3. The fourth-order valence-corrected chi connectivity index (χ4v) is 14.0. The minimum absolute atomic E-state index is 0.0759. The summed E-state index contributed by atoms with van der Waals surface area (Å²) in [6, 6.07) is 32.8. The number of hydrogen-bond donors (Lipinski definition) is 7. The summed E-state index contributed by atoms with van der Waals surface area (Å²) in [6.07, 6.45) is 5.48. The van der Waals surface area contributed by atoms with Gasteiger partial charge in [0.05, 0.1) is 140 Å². The molecular weight excluding hydrogens is 1910 g/mol. The minimum atomic E-state index is -0.434. The average Bonchev–Trinajstić information content (AvgIpc) is 1.64. The number of aromatic nitrogens is 20. The molecule has 44 nitrogen and oxygen atoms in total. The first-order valence-corrected chi connectivity index (χ1v) is 43.0. The van der Waals surface area contributed by atoms with E-state index < -0.39 is 11.6 Å². The zero-order valence-corrected chi connectivity index (χ0v) is 77.9. The van der Waals surface area contributed by atoms with Crippen molar-refractivity contribution in [3.05, 3.63) is 192 Å². The summed E-state index contributed by atoms with van der Waals surface area (Å²) >= 11 is 6.45. The number of nitrogens with two attached hydrogens (primary N) is 5. The third kappa shape index (κ3) is 26.5. The van der Waals surface area contributed by atoms with E-state index >= 15 is 0 Å². The van der Waals surface area contributed by atoms with E-state index in [9.17, 15) is 23.2 Å². The molecule has 1 fully saturated rings. The normalized spacial score (nSPS) is 11.4. The van der Waals surface area contributed by atoms with Gasteiger partial charge in [0.2, 0.25) is 0 Å². The number of nitrogens with zero attached hydrogens (tertiary/aromatic N) is 23. The van der Waals surface area contributed by atoms with Gasteiger partial charge in [0.1, 0.15) is 73.0 Å². The summed E-state index contributed by atoms with van der Waals surface area (Å²) in [7, 11) is 12.5. The smallest absolute Gasteiger partial charge is 0.328 e. The van der Waals surface area contributed by atoms with Crippen molar-refractivity contribution < 1.29 is 74.8 Å². The maximum Gasteiger partial charge on any atom is 0.328 e. The molecule has 0 spiro atoms. The standard InChI is InChI=1S/C21H28N6O4.C18H20N6O4.C16H14BrFN6O2.C16H15FN6O2.C8H5BrFN.C8H11N5O2/c1-29-9-10-31-20-24-18(22)17-19(25-20)27(21(28)23-17)13-15-11-14(5-6-16(15)30-2)12-26-7-3-4-8-26;1-25-6-7-28-17-22-15(20)14-16(23-17)24(18(21-14)27-3)10-12-8-11(9-19)4-5-13(12)26-2;1-25-4-5-26-16-22-13(20)12-14(23-16)24(15(17)21-12)8-10-6-9(7-19)2-3-11(10)18;1-24-4-5-25-16-21-14(19)13-15(22-16)23(9-20-13)8-11-6-10(7-18)2-3-12(11)17;9-4-7-3-6(5-11)1-2-8(7)10;1-14-2-3-15-8-12-6(9)5-7(13-8)11-4-10-5/h5-6,11H,3-4,7-10,12-13H2,1-2H3,(H,23,28)(H2,22,24,25);4-5,8H,6-7,10H2,1-3H3,(H2,20,22,23);2-3,6H,4-5,8H2,1H3,(H2,20,22,23);2-3,6,9H,4-5,8H2,1H3,(H2,19,21,22);1-3H,4H2;4H,2-3H2,1H3,(H3,9,10,11,12,13). The topological polar surface area (TPSA) is 597 Å². The summed E-state index contributed by atoms with van der Waals surface area (Å²) in [5.41, 5.74) is 39.3. The van der Waals surface area contributed by atoms with Crippen molar-refractivity contribution in [2.45, 2.75) is 50.9 Å². The van der Waals surface area contributed by atoms with Crippen LogP contribution in [0.3, 0.4) is 0 Å². The molecule has 1 saturated heterocycles. The lowest BCUT2D eigenvalue weighted by molar-refractivity contribution is 0.141. The van der Waals surface area contributed by atoms with Gasteiger partial charge in [-0.15, -0.1) is 0 Å². The number of methoxy groups -OCH3 is 8. The Morgan fingerprint density at radius 3 is 1.32 bits per heavy atom. The number of nitrogens with one attached hydrogen (secondary N) is 2. The lowest BCUT2D eigenvalue weighted by Crippen LogP contribution is -2.20. The highest BCUT2D eigenvalue weighted by Gasteiger charge is 2.25. The Bertz CT molecular complexity index is 6870. The van der Waals surface area contributed by atoms with E-state index in [1.165, 1.54) is 97.3 Å². The molecular formula is C87H93Br2F3N30O14. The van der Waals surface area contributed by atoms with Crippen LogP contribution in [0.2, 0.25) is 0 Å². The molecule has 0 saturated carbocycles. The quantitative estimate of drug-likeness (QED) is 0.0112. The summed E-state index contributed by atoms with van der Waals surface area (Å²) in [5, 5.41) is 36.1. The van der Waals surface area contributed by atoms with Gasteiger partial charge >= 0.3 is 35.7 Å². The number of benzene rings is 5. The zero-order chi connectivity index (χ0) is 97.3. The first-order chi connectivity index (χ1) is 65.9. The van der Waals surface area contributed by atoms with Gasteiger partial charge in [-0.2, -0.15) is 75.9 Å². The Hall–Kier alpha value is -15.5. The van der Waals surface area contributed by atoms with Crippen LogP contribution in [-0.4, -0.2) is 239 Å². The Kier molecular flexibility index (Phi) is 37.0. The number of hydrogen-bond acceptors (Lipinski definition) is 38. The van der Waals surface area contributed by atoms with Gasteiger partial charge in [-0.3, -0.25) is 18.6 Å². The molecule has 0 bridgehead atoms. The summed E-state index contributed by atoms with van der Waals surface area (Å²) < 4.78 is 116. The second-order valence-corrected chi connectivity index (χ2v) is 29.9. The van der Waals surface area contributed by atoms with E-state index in [2.05, 4.69) is 135 Å². The Labute approximate surface area is 790 Å². The van der Waals surface area contributed by atoms with Crippen molar-refractivity contribution in [2.24, 2.45) is 0 Å². The molecule has 0 radical (unpaired) electrons. The highest BCUT2D eigenvalue weighted by molar-refractivity contribution is 9.10. The molecule has 0 aliphatic carbocycles. The molecule has 136 heavy (non-hydrogen) atoms. The molecule has 11 heterocycles. The third-order valence-electron chi connectivity index (χ3n) is 19.6. The molecule has 10 aromatic heterocycles. The predicted octanol–water partition coefficient (Wildman–Crippen LogP) is 9.05. The van der Waals surface area contributed by atoms with Gasteiger partial charge in [-0.05, 0) is 138 Å². The lowest BCUT2D eigenvalue weighted by Gasteiger charge is -2.17. The zero-order valence-electron chi connectivity index (χ0n) is 74.7. The number of aromatic amines is 2. The van der Waals surface area contributed by atoms with Gasteiger partial charge in [0.15, 0.2) is 78.6 Å². The molecule has 0 amide bonds. The molecule has 15 aromatic rings. The second-order valence-electron chi connectivity index (χ2n) is 28.7. The predicted molar refractivity (Wildman–Crippen MR) is 497 cm³/mol. The number of nitrogen functional groups attached to an aromatic ring is 5. The van der Waals surface area contributed by atoms with Gasteiger partial charge in [-0.1, -0.05) is 22.0 Å². The molecule has 0 unspecified atom stereocenters. The molecule has 49 heteroatoms. The number of likely N-dealkylation sites (tertiary alicyclic amines) is 1. The number of rotatable bonds is 34. The van der Waals surface area contributed by atoms with E-state index in [4.69, 9.17) is 106 Å². The van der Waals surface area contributed by atoms with Crippen molar-refractivity contribution in [3.8, 4) is 71.8 Å². The van der Waals surface area contributed by atoms with Gasteiger partial charge in [0, 0.05) is 69.7 Å². The Morgan fingerprint density at radius 2 is 0.824 bits per heavy atom. The van der Waals surface area contributed by atoms with Crippen molar-refractivity contribution >= 4 is 117 Å². The van der Waals surface area contributed by atoms with Crippen molar-refractivity contribution in [3.63, 3.8) is 0 Å². The second kappa shape index (κ2) is 49.8. The Morgan fingerprint density at radius 1 is 0.412 bits per heavy atom. The fraction of sp³-hybridized carbons (Fsp3) is 0.322. The molecule has 16 rings (SSSR count). The van der Waals surface area contributed by atoms with Crippen LogP contribution in [0.25, 0.3) is 55.8 Å². The first kappa shape index (κ1) is 101. The van der Waals surface area contributed by atoms with Crippen LogP contribution >= 0.6 is 31.9 Å². The number of alkyl halides is 1. The van der Waals surface area contributed by atoms with Gasteiger partial charge in [0.25, 0.3) is 6.01 Å². The van der Waals surface area contributed by atoms with Crippen LogP contribution in [0.15, 0.2) is 113 Å². The number of nitriles is 4. The van der Waals surface area contributed by atoms with Crippen LogP contribution in [0, 0.1) is 62.8 Å². The van der Waals surface area contributed by atoms with E-state index in [1.54, 1.807) is 81.7 Å². The number of ether oxygens (including phenoxy) is 13. The van der Waals surface area contributed by atoms with E-state index in [-0.39, 0.29) is 111 Å². The van der Waals surface area contributed by atoms with E-state index in [0.29, 0.717) is 174 Å². The number of anilines is 5. The monoisotopic (exact) mass is 2000 g/mol. The molecule has 0 atom stereocenters. The summed E-state index contributed by atoms with van der Waals surface area (Å²) in [5.74, 6) is 1.18. The molecule has 1 aliphatic heterocycles. The highest BCUT2D eigenvalue weighted by atomic mass is 79.9. The van der Waals surface area contributed by atoms with Gasteiger partial charge in [-0.25, -0.2) is 32.9 Å². The van der Waals surface area contributed by atoms with Crippen LogP contribution in [0.4, 0.5) is 42.3 Å². The maximum atomic E-state index is 14.1. The first-order valence-electron chi connectivity index (χ1n) is 41.1. The molecule has 12 N–H and O–H groups in total. The number of fused-ring (bicyclic) bond motifs is 5. The number of imidazole rings is 5. The lowest BCUT2D eigenvalue weighted by atomic mass is 10.1. The number of H-pyrrole nitrogens is 2. The van der Waals surface area contributed by atoms with Crippen LogP contribution in [-0.2, 0) is 61.7 Å². The molecule has 710 valence electrons. The van der Waals surface area contributed by atoms with E-state index in [1.807, 2.05) is 24.3 Å².